The molecule has 0 aliphatic carbocycles. The van der Waals surface area contributed by atoms with Gasteiger partial charge in [0.25, 0.3) is 5.91 Å². The number of ether oxygens (including phenoxy) is 1. The molecule has 6 nitrogen and oxygen atoms in total. The molecule has 1 aromatic heterocycles. The van der Waals surface area contributed by atoms with E-state index in [9.17, 15) is 4.79 Å². The third-order valence-corrected chi connectivity index (χ3v) is 4.84. The Hall–Kier alpha value is -3.41. The predicted octanol–water partition coefficient (Wildman–Crippen LogP) is 2.81. The number of hydrogen-bond donors (Lipinski definition) is 3. The molecular formula is C21H20N4O2. The molecule has 1 unspecified atom stereocenters. The standard InChI is InChI=1S/C21H20N4O2/c22-20(23)14-4-6-19-17(11-14)16(12-27-19)7-9-25-21(26)15-3-5-18-13(10-15)2-1-8-24-18/h1-6,8,10-11,16H,7,9,12H2,(H3,22,23)(H,25,26). The second-order valence-electron chi connectivity index (χ2n) is 6.63. The van der Waals surface area contributed by atoms with Crippen LogP contribution in [0.3, 0.4) is 0 Å². The number of amidine groups is 1. The van der Waals surface area contributed by atoms with Crippen molar-refractivity contribution in [2.24, 2.45) is 5.73 Å². The van der Waals surface area contributed by atoms with Gasteiger partial charge >= 0.3 is 0 Å². The lowest BCUT2D eigenvalue weighted by molar-refractivity contribution is 0.0952. The highest BCUT2D eigenvalue weighted by Crippen LogP contribution is 2.36. The molecule has 1 aliphatic heterocycles. The molecule has 0 saturated carbocycles. The molecule has 1 atom stereocenters. The van der Waals surface area contributed by atoms with Crippen molar-refractivity contribution in [1.29, 1.82) is 5.41 Å². The van der Waals surface area contributed by atoms with E-state index in [0.29, 0.717) is 24.3 Å². The van der Waals surface area contributed by atoms with Crippen LogP contribution < -0.4 is 15.8 Å². The van der Waals surface area contributed by atoms with Crippen molar-refractivity contribution in [2.45, 2.75) is 12.3 Å². The number of nitrogens with zero attached hydrogens (tertiary/aromatic N) is 1. The van der Waals surface area contributed by atoms with E-state index in [-0.39, 0.29) is 17.7 Å². The summed E-state index contributed by atoms with van der Waals surface area (Å²) in [6.45, 7) is 1.12. The van der Waals surface area contributed by atoms with E-state index in [4.69, 9.17) is 15.9 Å². The second kappa shape index (κ2) is 7.07. The van der Waals surface area contributed by atoms with Gasteiger partial charge in [0.1, 0.15) is 11.6 Å². The summed E-state index contributed by atoms with van der Waals surface area (Å²) in [7, 11) is 0. The number of benzene rings is 2. The van der Waals surface area contributed by atoms with Crippen molar-refractivity contribution in [1.82, 2.24) is 10.3 Å². The molecule has 4 rings (SSSR count). The van der Waals surface area contributed by atoms with Crippen LogP contribution in [-0.2, 0) is 0 Å². The number of pyridine rings is 1. The normalized spacial score (nSPS) is 15.2. The monoisotopic (exact) mass is 360 g/mol. The number of nitrogens with two attached hydrogens (primary N) is 1. The molecule has 0 bridgehead atoms. The first-order valence-electron chi connectivity index (χ1n) is 8.86. The molecule has 4 N–H and O–H groups in total. The Kier molecular flexibility index (Phi) is 4.46. The number of rotatable bonds is 5. The second-order valence-corrected chi connectivity index (χ2v) is 6.63. The minimum Gasteiger partial charge on any atom is -0.493 e. The number of nitrogens with one attached hydrogen (secondary N) is 2. The van der Waals surface area contributed by atoms with E-state index in [2.05, 4.69) is 10.3 Å². The van der Waals surface area contributed by atoms with Crippen LogP contribution in [-0.4, -0.2) is 29.9 Å². The summed E-state index contributed by atoms with van der Waals surface area (Å²) in [4.78, 5) is 16.7. The zero-order valence-corrected chi connectivity index (χ0v) is 14.7. The predicted molar refractivity (Wildman–Crippen MR) is 104 cm³/mol. The smallest absolute Gasteiger partial charge is 0.251 e. The Labute approximate surface area is 156 Å². The van der Waals surface area contributed by atoms with Crippen LogP contribution in [0.25, 0.3) is 10.9 Å². The maximum Gasteiger partial charge on any atom is 0.251 e. The van der Waals surface area contributed by atoms with E-state index in [1.807, 2.05) is 36.4 Å². The van der Waals surface area contributed by atoms with Crippen LogP contribution >= 0.6 is 0 Å². The minimum absolute atomic E-state index is 0.0440. The Morgan fingerprint density at radius 2 is 2.07 bits per heavy atom. The van der Waals surface area contributed by atoms with Gasteiger partial charge < -0.3 is 15.8 Å². The first-order valence-corrected chi connectivity index (χ1v) is 8.86. The van der Waals surface area contributed by atoms with Gasteiger partial charge in [0.2, 0.25) is 0 Å². The number of fused-ring (bicyclic) bond motifs is 2. The number of hydrogen-bond acceptors (Lipinski definition) is 4. The van der Waals surface area contributed by atoms with E-state index >= 15 is 0 Å². The Balaban J connectivity index is 1.39. The molecule has 1 aliphatic rings. The SMILES string of the molecule is N=C(N)c1ccc2c(c1)C(CCNC(=O)c1ccc3ncccc3c1)CO2. The molecule has 0 radical (unpaired) electrons. The largest absolute Gasteiger partial charge is 0.493 e. The van der Waals surface area contributed by atoms with Gasteiger partial charge in [-0.3, -0.25) is 15.2 Å². The zero-order chi connectivity index (χ0) is 18.8. The summed E-state index contributed by atoms with van der Waals surface area (Å²) in [5.41, 5.74) is 8.81. The molecule has 1 amide bonds. The van der Waals surface area contributed by atoms with Gasteiger partial charge in [0.15, 0.2) is 0 Å². The lowest BCUT2D eigenvalue weighted by Gasteiger charge is -2.11. The maximum absolute atomic E-state index is 12.4. The van der Waals surface area contributed by atoms with E-state index in [1.54, 1.807) is 18.3 Å². The molecule has 0 saturated heterocycles. The number of carbonyl (C=O) groups is 1. The molecule has 2 aromatic carbocycles. The summed E-state index contributed by atoms with van der Waals surface area (Å²) >= 11 is 0. The maximum atomic E-state index is 12.4. The third kappa shape index (κ3) is 3.46. The van der Waals surface area contributed by atoms with Crippen LogP contribution in [0.1, 0.15) is 33.8 Å². The van der Waals surface area contributed by atoms with Gasteiger partial charge in [0.05, 0.1) is 12.1 Å². The average Bonchev–Trinajstić information content (AvgIpc) is 3.09. The third-order valence-electron chi connectivity index (χ3n) is 4.84. The fourth-order valence-corrected chi connectivity index (χ4v) is 3.36. The van der Waals surface area contributed by atoms with Gasteiger partial charge in [-0.1, -0.05) is 6.07 Å². The van der Waals surface area contributed by atoms with Crippen molar-refractivity contribution in [3.63, 3.8) is 0 Å². The van der Waals surface area contributed by atoms with Gasteiger partial charge in [0, 0.05) is 40.7 Å². The van der Waals surface area contributed by atoms with Crippen molar-refractivity contribution in [2.75, 3.05) is 13.2 Å². The van der Waals surface area contributed by atoms with Crippen molar-refractivity contribution in [3.05, 3.63) is 71.4 Å². The fraction of sp³-hybridized carbons (Fsp3) is 0.190. The molecule has 2 heterocycles. The lowest BCUT2D eigenvalue weighted by Crippen LogP contribution is -2.25. The molecule has 27 heavy (non-hydrogen) atoms. The van der Waals surface area contributed by atoms with Crippen LogP contribution in [0.2, 0.25) is 0 Å². The van der Waals surface area contributed by atoms with Crippen LogP contribution in [0.4, 0.5) is 0 Å². The van der Waals surface area contributed by atoms with E-state index in [0.717, 1.165) is 28.6 Å². The lowest BCUT2D eigenvalue weighted by atomic mass is 9.96. The quantitative estimate of drug-likeness (QED) is 0.481. The summed E-state index contributed by atoms with van der Waals surface area (Å²) in [6.07, 6.45) is 2.50. The molecule has 6 heteroatoms. The first kappa shape index (κ1) is 17.0. The fourth-order valence-electron chi connectivity index (χ4n) is 3.36. The molecule has 136 valence electrons. The van der Waals surface area contributed by atoms with Crippen molar-refractivity contribution >= 4 is 22.6 Å². The van der Waals surface area contributed by atoms with Crippen LogP contribution in [0, 0.1) is 5.41 Å². The highest BCUT2D eigenvalue weighted by molar-refractivity contribution is 5.98. The number of aromatic nitrogens is 1. The number of nitrogen functional groups attached to an aromatic ring is 1. The Morgan fingerprint density at radius 1 is 1.22 bits per heavy atom. The van der Waals surface area contributed by atoms with E-state index < -0.39 is 0 Å². The minimum atomic E-state index is -0.0996. The summed E-state index contributed by atoms with van der Waals surface area (Å²) < 4.78 is 5.71. The summed E-state index contributed by atoms with van der Waals surface area (Å²) in [5.74, 6) is 0.957. The number of amides is 1. The molecule has 0 fully saturated rings. The summed E-state index contributed by atoms with van der Waals surface area (Å²) in [5, 5.41) is 11.5. The van der Waals surface area contributed by atoms with Gasteiger partial charge in [-0.2, -0.15) is 0 Å². The average molecular weight is 360 g/mol. The highest BCUT2D eigenvalue weighted by Gasteiger charge is 2.24. The topological polar surface area (TPSA) is 101 Å². The van der Waals surface area contributed by atoms with Gasteiger partial charge in [-0.05, 0) is 48.9 Å². The van der Waals surface area contributed by atoms with Crippen molar-refractivity contribution in [3.8, 4) is 5.75 Å². The van der Waals surface area contributed by atoms with Gasteiger partial charge in [-0.25, -0.2) is 0 Å². The van der Waals surface area contributed by atoms with Gasteiger partial charge in [-0.15, -0.1) is 0 Å². The Morgan fingerprint density at radius 3 is 2.93 bits per heavy atom. The van der Waals surface area contributed by atoms with Crippen molar-refractivity contribution < 1.29 is 9.53 Å². The first-order chi connectivity index (χ1) is 13.1. The molecule has 0 spiro atoms. The highest BCUT2D eigenvalue weighted by atomic mass is 16.5. The number of carbonyl (C=O) groups excluding carboxylic acids is 1. The molecule has 3 aromatic rings. The van der Waals surface area contributed by atoms with E-state index in [1.165, 1.54) is 0 Å². The zero-order valence-electron chi connectivity index (χ0n) is 14.7. The van der Waals surface area contributed by atoms with Crippen LogP contribution in [0.15, 0.2) is 54.7 Å². The summed E-state index contributed by atoms with van der Waals surface area (Å²) in [6, 6.07) is 14.9. The Bertz CT molecular complexity index is 1030. The van der Waals surface area contributed by atoms with Crippen LogP contribution in [0.5, 0.6) is 5.75 Å². The molecular weight excluding hydrogens is 340 g/mol.